The Bertz CT molecular complexity index is 323. The van der Waals surface area contributed by atoms with Crippen LogP contribution in [0.2, 0.25) is 0 Å². The van der Waals surface area contributed by atoms with E-state index in [4.69, 9.17) is 6.42 Å². The lowest BCUT2D eigenvalue weighted by Gasteiger charge is -2.03. The van der Waals surface area contributed by atoms with Crippen LogP contribution in [0, 0.1) is 24.0 Å². The summed E-state index contributed by atoms with van der Waals surface area (Å²) < 4.78 is 25.1. The zero-order chi connectivity index (χ0) is 9.14. The van der Waals surface area contributed by atoms with Crippen LogP contribution in [-0.2, 0) is 0 Å². The van der Waals surface area contributed by atoms with Gasteiger partial charge in [0.25, 0.3) is 0 Å². The van der Waals surface area contributed by atoms with Crippen LogP contribution in [0.4, 0.5) is 8.78 Å². The Kier molecular flexibility index (Phi) is 2.44. The molecule has 1 aromatic carbocycles. The average Bonchev–Trinajstić information content (AvgIpc) is 2.08. The molecule has 0 heterocycles. The monoisotopic (exact) mass is 166 g/mol. The van der Waals surface area contributed by atoms with Gasteiger partial charge in [0.1, 0.15) is 0 Å². The SMILES string of the molecule is C#CC(C)c1ccc(F)c(F)c1. The van der Waals surface area contributed by atoms with Gasteiger partial charge in [0.15, 0.2) is 11.6 Å². The molecule has 0 fully saturated rings. The van der Waals surface area contributed by atoms with Gasteiger partial charge in [0.05, 0.1) is 0 Å². The highest BCUT2D eigenvalue weighted by Gasteiger charge is 2.05. The minimum absolute atomic E-state index is 0.180. The summed E-state index contributed by atoms with van der Waals surface area (Å²) in [6.07, 6.45) is 5.13. The van der Waals surface area contributed by atoms with Gasteiger partial charge in [-0.05, 0) is 24.6 Å². The van der Waals surface area contributed by atoms with Crippen molar-refractivity contribution in [1.29, 1.82) is 0 Å². The van der Waals surface area contributed by atoms with Crippen molar-refractivity contribution in [3.63, 3.8) is 0 Å². The van der Waals surface area contributed by atoms with E-state index < -0.39 is 11.6 Å². The summed E-state index contributed by atoms with van der Waals surface area (Å²) in [5, 5.41) is 0. The van der Waals surface area contributed by atoms with E-state index in [1.807, 2.05) is 0 Å². The number of hydrogen-bond donors (Lipinski definition) is 0. The average molecular weight is 166 g/mol. The Hall–Kier alpha value is -1.36. The van der Waals surface area contributed by atoms with Crippen LogP contribution in [-0.4, -0.2) is 0 Å². The number of benzene rings is 1. The van der Waals surface area contributed by atoms with Gasteiger partial charge in [-0.25, -0.2) is 8.78 Å². The standard InChI is InChI=1S/C10H8F2/c1-3-7(2)8-4-5-9(11)10(12)6-8/h1,4-7H,2H3. The minimum atomic E-state index is -0.852. The first-order valence-corrected chi connectivity index (χ1v) is 3.56. The normalized spacial score (nSPS) is 12.2. The van der Waals surface area contributed by atoms with E-state index in [-0.39, 0.29) is 5.92 Å². The first-order chi connectivity index (χ1) is 5.65. The van der Waals surface area contributed by atoms with Crippen LogP contribution in [0.5, 0.6) is 0 Å². The maximum absolute atomic E-state index is 12.6. The summed E-state index contributed by atoms with van der Waals surface area (Å²) in [4.78, 5) is 0. The van der Waals surface area contributed by atoms with Crippen LogP contribution in [0.15, 0.2) is 18.2 Å². The molecule has 1 rings (SSSR count). The van der Waals surface area contributed by atoms with E-state index in [9.17, 15) is 8.78 Å². The summed E-state index contributed by atoms with van der Waals surface area (Å²) in [6, 6.07) is 3.70. The van der Waals surface area contributed by atoms with Gasteiger partial charge in [0, 0.05) is 5.92 Å². The van der Waals surface area contributed by atoms with Crippen LogP contribution >= 0.6 is 0 Å². The van der Waals surface area contributed by atoms with E-state index in [2.05, 4.69) is 5.92 Å². The molecule has 0 N–H and O–H groups in total. The summed E-state index contributed by atoms with van der Waals surface area (Å²) in [5.41, 5.74) is 0.622. The third kappa shape index (κ3) is 1.62. The molecule has 0 aliphatic rings. The maximum atomic E-state index is 12.6. The first kappa shape index (κ1) is 8.73. The summed E-state index contributed by atoms with van der Waals surface area (Å²) in [5.74, 6) is 0.562. The third-order valence-electron chi connectivity index (χ3n) is 1.69. The highest BCUT2D eigenvalue weighted by molar-refractivity contribution is 5.26. The number of hydrogen-bond acceptors (Lipinski definition) is 0. The summed E-state index contributed by atoms with van der Waals surface area (Å²) in [6.45, 7) is 1.76. The molecule has 0 spiro atoms. The summed E-state index contributed by atoms with van der Waals surface area (Å²) in [7, 11) is 0. The van der Waals surface area contributed by atoms with Crippen LogP contribution in [0.3, 0.4) is 0 Å². The van der Waals surface area contributed by atoms with Gasteiger partial charge in [-0.3, -0.25) is 0 Å². The largest absolute Gasteiger partial charge is 0.204 e. The third-order valence-corrected chi connectivity index (χ3v) is 1.69. The molecule has 0 aromatic heterocycles. The van der Waals surface area contributed by atoms with Crippen LogP contribution in [0.1, 0.15) is 18.4 Å². The highest BCUT2D eigenvalue weighted by atomic mass is 19.2. The molecule has 62 valence electrons. The van der Waals surface area contributed by atoms with Crippen molar-refractivity contribution in [2.45, 2.75) is 12.8 Å². The Balaban J connectivity index is 3.06. The zero-order valence-electron chi connectivity index (χ0n) is 6.64. The Labute approximate surface area is 70.2 Å². The fourth-order valence-corrected chi connectivity index (χ4v) is 0.878. The van der Waals surface area contributed by atoms with Gasteiger partial charge < -0.3 is 0 Å². The fraction of sp³-hybridized carbons (Fsp3) is 0.200. The quantitative estimate of drug-likeness (QED) is 0.563. The number of terminal acetylenes is 1. The zero-order valence-corrected chi connectivity index (χ0v) is 6.64. The minimum Gasteiger partial charge on any atom is -0.204 e. The lowest BCUT2D eigenvalue weighted by atomic mass is 10.0. The van der Waals surface area contributed by atoms with Crippen molar-refractivity contribution >= 4 is 0 Å². The second-order valence-electron chi connectivity index (χ2n) is 2.56. The second-order valence-corrected chi connectivity index (χ2v) is 2.56. The molecule has 0 radical (unpaired) electrons. The molecule has 0 amide bonds. The molecule has 1 aromatic rings. The van der Waals surface area contributed by atoms with Gasteiger partial charge >= 0.3 is 0 Å². The fourth-order valence-electron chi connectivity index (χ4n) is 0.878. The van der Waals surface area contributed by atoms with Crippen molar-refractivity contribution in [3.8, 4) is 12.3 Å². The van der Waals surface area contributed by atoms with Crippen molar-refractivity contribution in [2.75, 3.05) is 0 Å². The molecule has 1 atom stereocenters. The molecule has 0 aliphatic heterocycles. The Morgan fingerprint density at radius 3 is 2.50 bits per heavy atom. The second kappa shape index (κ2) is 3.36. The molecule has 0 saturated carbocycles. The molecule has 12 heavy (non-hydrogen) atoms. The predicted molar refractivity (Wildman–Crippen MR) is 43.6 cm³/mol. The molecule has 0 nitrogen and oxygen atoms in total. The van der Waals surface area contributed by atoms with Crippen molar-refractivity contribution in [1.82, 2.24) is 0 Å². The van der Waals surface area contributed by atoms with Crippen molar-refractivity contribution in [3.05, 3.63) is 35.4 Å². The molecule has 1 unspecified atom stereocenters. The maximum Gasteiger partial charge on any atom is 0.159 e. The van der Waals surface area contributed by atoms with Gasteiger partial charge in [-0.2, -0.15) is 0 Å². The van der Waals surface area contributed by atoms with E-state index >= 15 is 0 Å². The number of halogens is 2. The summed E-state index contributed by atoms with van der Waals surface area (Å²) >= 11 is 0. The lowest BCUT2D eigenvalue weighted by molar-refractivity contribution is 0.507. The predicted octanol–water partition coefficient (Wildman–Crippen LogP) is 2.70. The van der Waals surface area contributed by atoms with Crippen LogP contribution < -0.4 is 0 Å². The smallest absolute Gasteiger partial charge is 0.159 e. The molecular formula is C10H8F2. The van der Waals surface area contributed by atoms with Crippen LogP contribution in [0.25, 0.3) is 0 Å². The lowest BCUT2D eigenvalue weighted by Crippen LogP contribution is -1.92. The van der Waals surface area contributed by atoms with Crippen molar-refractivity contribution in [2.24, 2.45) is 0 Å². The van der Waals surface area contributed by atoms with E-state index in [0.717, 1.165) is 12.1 Å². The first-order valence-electron chi connectivity index (χ1n) is 3.56. The molecular weight excluding hydrogens is 158 g/mol. The number of rotatable bonds is 1. The van der Waals surface area contributed by atoms with Gasteiger partial charge in [0.2, 0.25) is 0 Å². The Morgan fingerprint density at radius 2 is 2.00 bits per heavy atom. The molecule has 0 saturated heterocycles. The molecule has 0 bridgehead atoms. The molecule has 2 heteroatoms. The van der Waals surface area contributed by atoms with E-state index in [0.29, 0.717) is 5.56 Å². The van der Waals surface area contributed by atoms with Gasteiger partial charge in [-0.15, -0.1) is 6.42 Å². The van der Waals surface area contributed by atoms with E-state index in [1.165, 1.54) is 6.07 Å². The van der Waals surface area contributed by atoms with Crippen molar-refractivity contribution < 1.29 is 8.78 Å². The van der Waals surface area contributed by atoms with E-state index in [1.54, 1.807) is 6.92 Å². The molecule has 0 aliphatic carbocycles. The van der Waals surface area contributed by atoms with Gasteiger partial charge in [-0.1, -0.05) is 12.0 Å². The topological polar surface area (TPSA) is 0 Å². The highest BCUT2D eigenvalue weighted by Crippen LogP contribution is 2.16. The Morgan fingerprint density at radius 1 is 1.33 bits per heavy atom.